The van der Waals surface area contributed by atoms with Crippen LogP contribution in [0.4, 0.5) is 10.1 Å². The largest absolute Gasteiger partial charge is 0.399 e. The van der Waals surface area contributed by atoms with Gasteiger partial charge in [0.25, 0.3) is 0 Å². The molecule has 0 heterocycles. The standard InChI is InChI=1S/C16H11ClFN/c17-15-6-4-13(9-16(15)18)10-1-2-12-8-14(19)5-3-11(12)7-10/h1-9H,19H2. The smallest absolute Gasteiger partial charge is 0.142 e. The number of rotatable bonds is 1. The van der Waals surface area contributed by atoms with Crippen molar-refractivity contribution in [3.05, 3.63) is 65.4 Å². The Bertz CT molecular complexity index is 768. The summed E-state index contributed by atoms with van der Waals surface area (Å²) in [6.45, 7) is 0. The van der Waals surface area contributed by atoms with Gasteiger partial charge in [0.2, 0.25) is 0 Å². The molecule has 0 radical (unpaired) electrons. The highest BCUT2D eigenvalue weighted by Gasteiger charge is 2.04. The SMILES string of the molecule is Nc1ccc2cc(-c3ccc(Cl)c(F)c3)ccc2c1. The van der Waals surface area contributed by atoms with Gasteiger partial charge in [-0.15, -0.1) is 0 Å². The lowest BCUT2D eigenvalue weighted by atomic mass is 10.0. The summed E-state index contributed by atoms with van der Waals surface area (Å²) in [6, 6.07) is 16.5. The van der Waals surface area contributed by atoms with Crippen LogP contribution in [0.3, 0.4) is 0 Å². The maximum Gasteiger partial charge on any atom is 0.142 e. The van der Waals surface area contributed by atoms with Gasteiger partial charge >= 0.3 is 0 Å². The lowest BCUT2D eigenvalue weighted by Gasteiger charge is -2.06. The van der Waals surface area contributed by atoms with E-state index in [2.05, 4.69) is 0 Å². The van der Waals surface area contributed by atoms with Gasteiger partial charge in [0.15, 0.2) is 0 Å². The third-order valence-corrected chi connectivity index (χ3v) is 3.42. The average Bonchev–Trinajstić information content (AvgIpc) is 2.41. The molecule has 19 heavy (non-hydrogen) atoms. The van der Waals surface area contributed by atoms with Crippen molar-refractivity contribution < 1.29 is 4.39 Å². The molecule has 0 aromatic heterocycles. The molecule has 3 aromatic carbocycles. The summed E-state index contributed by atoms with van der Waals surface area (Å²) >= 11 is 5.69. The fourth-order valence-electron chi connectivity index (χ4n) is 2.12. The van der Waals surface area contributed by atoms with Crippen LogP contribution in [0, 0.1) is 5.82 Å². The summed E-state index contributed by atoms with van der Waals surface area (Å²) in [7, 11) is 0. The first kappa shape index (κ1) is 12.0. The van der Waals surface area contributed by atoms with E-state index < -0.39 is 5.82 Å². The Hall–Kier alpha value is -2.06. The van der Waals surface area contributed by atoms with Crippen molar-refractivity contribution in [1.29, 1.82) is 0 Å². The molecule has 0 saturated carbocycles. The van der Waals surface area contributed by atoms with E-state index in [1.165, 1.54) is 6.07 Å². The Morgan fingerprint density at radius 3 is 2.21 bits per heavy atom. The monoisotopic (exact) mass is 271 g/mol. The number of anilines is 1. The van der Waals surface area contributed by atoms with Gasteiger partial charge in [0.1, 0.15) is 5.82 Å². The van der Waals surface area contributed by atoms with Crippen LogP contribution in [-0.2, 0) is 0 Å². The molecule has 0 saturated heterocycles. The van der Waals surface area contributed by atoms with Crippen molar-refractivity contribution in [3.8, 4) is 11.1 Å². The normalized spacial score (nSPS) is 10.8. The molecule has 1 nitrogen and oxygen atoms in total. The summed E-state index contributed by atoms with van der Waals surface area (Å²) in [6.07, 6.45) is 0. The Kier molecular flexibility index (Phi) is 2.88. The maximum atomic E-state index is 13.5. The molecule has 0 bridgehead atoms. The molecule has 2 N–H and O–H groups in total. The van der Waals surface area contributed by atoms with Crippen LogP contribution in [0.15, 0.2) is 54.6 Å². The summed E-state index contributed by atoms with van der Waals surface area (Å²) in [4.78, 5) is 0. The van der Waals surface area contributed by atoms with Gasteiger partial charge in [0.05, 0.1) is 5.02 Å². The highest BCUT2D eigenvalue weighted by Crippen LogP contribution is 2.28. The second-order valence-electron chi connectivity index (χ2n) is 4.45. The van der Waals surface area contributed by atoms with Crippen LogP contribution < -0.4 is 5.73 Å². The van der Waals surface area contributed by atoms with Gasteiger partial charge in [-0.05, 0) is 52.2 Å². The minimum atomic E-state index is -0.406. The van der Waals surface area contributed by atoms with Crippen LogP contribution in [-0.4, -0.2) is 0 Å². The molecule has 3 heteroatoms. The molecular weight excluding hydrogens is 261 g/mol. The zero-order chi connectivity index (χ0) is 13.4. The van der Waals surface area contributed by atoms with Crippen molar-refractivity contribution in [3.63, 3.8) is 0 Å². The Morgan fingerprint density at radius 1 is 0.789 bits per heavy atom. The first-order valence-electron chi connectivity index (χ1n) is 5.88. The Balaban J connectivity index is 2.14. The molecule has 0 amide bonds. The Morgan fingerprint density at radius 2 is 1.42 bits per heavy atom. The highest BCUT2D eigenvalue weighted by molar-refractivity contribution is 6.30. The van der Waals surface area contributed by atoms with Crippen LogP contribution in [0.5, 0.6) is 0 Å². The van der Waals surface area contributed by atoms with E-state index in [0.29, 0.717) is 0 Å². The number of hydrogen-bond acceptors (Lipinski definition) is 1. The fraction of sp³-hybridized carbons (Fsp3) is 0. The molecule has 0 aliphatic heterocycles. The molecule has 0 fully saturated rings. The molecule has 0 unspecified atom stereocenters. The number of nitrogen functional groups attached to an aromatic ring is 1. The number of halogens is 2. The minimum Gasteiger partial charge on any atom is -0.399 e. The second-order valence-corrected chi connectivity index (χ2v) is 4.86. The van der Waals surface area contributed by atoms with Crippen molar-refractivity contribution in [2.75, 3.05) is 5.73 Å². The van der Waals surface area contributed by atoms with Crippen molar-refractivity contribution >= 4 is 28.1 Å². The van der Waals surface area contributed by atoms with E-state index in [9.17, 15) is 4.39 Å². The van der Waals surface area contributed by atoms with Gasteiger partial charge in [-0.1, -0.05) is 35.9 Å². The predicted octanol–water partition coefficient (Wildman–Crippen LogP) is 4.88. The zero-order valence-electron chi connectivity index (χ0n) is 10.0. The molecule has 94 valence electrons. The number of fused-ring (bicyclic) bond motifs is 1. The topological polar surface area (TPSA) is 26.0 Å². The first-order valence-corrected chi connectivity index (χ1v) is 6.26. The third-order valence-electron chi connectivity index (χ3n) is 3.12. The van der Waals surface area contributed by atoms with Crippen LogP contribution in [0.2, 0.25) is 5.02 Å². The zero-order valence-corrected chi connectivity index (χ0v) is 10.8. The van der Waals surface area contributed by atoms with Gasteiger partial charge in [-0.3, -0.25) is 0 Å². The minimum absolute atomic E-state index is 0.136. The summed E-state index contributed by atoms with van der Waals surface area (Å²) < 4.78 is 13.5. The summed E-state index contributed by atoms with van der Waals surface area (Å²) in [5.41, 5.74) is 8.24. The average molecular weight is 272 g/mol. The molecule has 3 rings (SSSR count). The highest BCUT2D eigenvalue weighted by atomic mass is 35.5. The lowest BCUT2D eigenvalue weighted by molar-refractivity contribution is 0.629. The van der Waals surface area contributed by atoms with Crippen molar-refractivity contribution in [2.24, 2.45) is 0 Å². The number of benzene rings is 3. The van der Waals surface area contributed by atoms with Crippen molar-refractivity contribution in [2.45, 2.75) is 0 Å². The molecule has 0 atom stereocenters. The molecule has 3 aromatic rings. The van der Waals surface area contributed by atoms with E-state index in [4.69, 9.17) is 17.3 Å². The first-order chi connectivity index (χ1) is 9.13. The van der Waals surface area contributed by atoms with Crippen LogP contribution >= 0.6 is 11.6 Å². The van der Waals surface area contributed by atoms with Gasteiger partial charge in [-0.2, -0.15) is 0 Å². The molecule has 0 spiro atoms. The van der Waals surface area contributed by atoms with Gasteiger partial charge in [0, 0.05) is 5.69 Å². The summed E-state index contributed by atoms with van der Waals surface area (Å²) in [5, 5.41) is 2.28. The molecule has 0 aliphatic rings. The van der Waals surface area contributed by atoms with Gasteiger partial charge in [-0.25, -0.2) is 4.39 Å². The number of hydrogen-bond donors (Lipinski definition) is 1. The summed E-state index contributed by atoms with van der Waals surface area (Å²) in [5.74, 6) is -0.406. The van der Waals surface area contributed by atoms with Gasteiger partial charge < -0.3 is 5.73 Å². The van der Waals surface area contributed by atoms with E-state index >= 15 is 0 Å². The second kappa shape index (κ2) is 4.56. The number of nitrogens with two attached hydrogens (primary N) is 1. The van der Waals surface area contributed by atoms with Crippen LogP contribution in [0.1, 0.15) is 0 Å². The van der Waals surface area contributed by atoms with E-state index in [0.717, 1.165) is 27.6 Å². The van der Waals surface area contributed by atoms with E-state index in [1.54, 1.807) is 6.07 Å². The third kappa shape index (κ3) is 2.27. The van der Waals surface area contributed by atoms with Crippen LogP contribution in [0.25, 0.3) is 21.9 Å². The lowest BCUT2D eigenvalue weighted by Crippen LogP contribution is -1.85. The quantitative estimate of drug-likeness (QED) is 0.627. The maximum absolute atomic E-state index is 13.5. The van der Waals surface area contributed by atoms with Crippen molar-refractivity contribution in [1.82, 2.24) is 0 Å². The molecule has 0 aliphatic carbocycles. The molecular formula is C16H11ClFN. The van der Waals surface area contributed by atoms with E-state index in [-0.39, 0.29) is 5.02 Å². The predicted molar refractivity (Wildman–Crippen MR) is 78.8 cm³/mol. The van der Waals surface area contributed by atoms with E-state index in [1.807, 2.05) is 42.5 Å². The fourth-order valence-corrected chi connectivity index (χ4v) is 2.24. The Labute approximate surface area is 115 Å².